The molecular weight excluding hydrogens is 280 g/mol. The Bertz CT molecular complexity index is 792. The fourth-order valence-electron chi connectivity index (χ4n) is 4.20. The molecule has 23 heavy (non-hydrogen) atoms. The van der Waals surface area contributed by atoms with Gasteiger partial charge < -0.3 is 4.90 Å². The number of hydrogen-bond donors (Lipinski definition) is 0. The average Bonchev–Trinajstić information content (AvgIpc) is 2.61. The van der Waals surface area contributed by atoms with E-state index in [4.69, 9.17) is 0 Å². The molecule has 1 aliphatic carbocycles. The molecule has 0 spiro atoms. The summed E-state index contributed by atoms with van der Waals surface area (Å²) in [6.07, 6.45) is 5.93. The van der Waals surface area contributed by atoms with Crippen LogP contribution in [0.25, 0.3) is 11.1 Å². The summed E-state index contributed by atoms with van der Waals surface area (Å²) in [5.41, 5.74) is 8.79. The Morgan fingerprint density at radius 1 is 1.00 bits per heavy atom. The summed E-state index contributed by atoms with van der Waals surface area (Å²) in [4.78, 5) is 2.47. The minimum atomic E-state index is 0.894. The van der Waals surface area contributed by atoms with Crippen LogP contribution in [-0.2, 0) is 12.8 Å². The summed E-state index contributed by atoms with van der Waals surface area (Å²) in [5.74, 6) is 0. The maximum absolute atomic E-state index is 9.75. The number of benzene rings is 2. The van der Waals surface area contributed by atoms with Gasteiger partial charge in [-0.05, 0) is 72.9 Å². The van der Waals surface area contributed by atoms with Gasteiger partial charge in [-0.2, -0.15) is 5.26 Å². The highest BCUT2D eigenvalue weighted by Gasteiger charge is 2.26. The van der Waals surface area contributed by atoms with Crippen LogP contribution in [0.3, 0.4) is 0 Å². The molecule has 2 aliphatic rings. The predicted octanol–water partition coefficient (Wildman–Crippen LogP) is 4.62. The van der Waals surface area contributed by atoms with Gasteiger partial charge >= 0.3 is 0 Å². The van der Waals surface area contributed by atoms with Crippen LogP contribution in [0, 0.1) is 18.3 Å². The molecule has 0 radical (unpaired) electrons. The van der Waals surface area contributed by atoms with E-state index in [0.717, 1.165) is 37.1 Å². The number of aryl methyl sites for hydroxylation is 2. The molecule has 2 aromatic carbocycles. The van der Waals surface area contributed by atoms with Gasteiger partial charge in [0.2, 0.25) is 0 Å². The van der Waals surface area contributed by atoms with E-state index in [-0.39, 0.29) is 0 Å². The highest BCUT2D eigenvalue weighted by atomic mass is 15.1. The van der Waals surface area contributed by atoms with Crippen molar-refractivity contribution in [1.82, 2.24) is 0 Å². The van der Waals surface area contributed by atoms with Gasteiger partial charge in [0.15, 0.2) is 0 Å². The van der Waals surface area contributed by atoms with Gasteiger partial charge in [-0.15, -0.1) is 0 Å². The molecule has 2 heteroatoms. The second-order valence-corrected chi connectivity index (χ2v) is 6.76. The maximum atomic E-state index is 9.75. The molecule has 1 fully saturated rings. The Hall–Kier alpha value is -2.27. The van der Waals surface area contributed by atoms with Crippen LogP contribution in [0.1, 0.15) is 41.5 Å². The number of hydrogen-bond acceptors (Lipinski definition) is 2. The van der Waals surface area contributed by atoms with E-state index in [1.54, 1.807) is 0 Å². The molecule has 2 nitrogen and oxygen atoms in total. The lowest BCUT2D eigenvalue weighted by Crippen LogP contribution is -2.31. The lowest BCUT2D eigenvalue weighted by atomic mass is 9.82. The normalized spacial score (nSPS) is 16.4. The lowest BCUT2D eigenvalue weighted by molar-refractivity contribution is 0.575. The first-order valence-corrected chi connectivity index (χ1v) is 8.69. The van der Waals surface area contributed by atoms with Crippen LogP contribution in [0.15, 0.2) is 30.3 Å². The van der Waals surface area contributed by atoms with Crippen LogP contribution < -0.4 is 4.90 Å². The number of nitrogens with zero attached hydrogens (tertiary/aromatic N) is 2. The van der Waals surface area contributed by atoms with E-state index in [1.165, 1.54) is 47.2 Å². The van der Waals surface area contributed by atoms with Crippen molar-refractivity contribution in [2.45, 2.75) is 39.0 Å². The SMILES string of the molecule is Cc1cc2c(c(N3CCCCC3)c1C#N)CCc1ccccc1-2. The number of nitriles is 1. The van der Waals surface area contributed by atoms with Crippen molar-refractivity contribution < 1.29 is 0 Å². The minimum absolute atomic E-state index is 0.894. The third-order valence-electron chi connectivity index (χ3n) is 5.34. The Morgan fingerprint density at radius 2 is 1.78 bits per heavy atom. The molecule has 2 aromatic rings. The predicted molar refractivity (Wildman–Crippen MR) is 94.8 cm³/mol. The average molecular weight is 302 g/mol. The van der Waals surface area contributed by atoms with E-state index in [9.17, 15) is 5.26 Å². The van der Waals surface area contributed by atoms with Crippen molar-refractivity contribution in [3.05, 3.63) is 52.6 Å². The van der Waals surface area contributed by atoms with Crippen molar-refractivity contribution in [3.8, 4) is 17.2 Å². The van der Waals surface area contributed by atoms with E-state index in [2.05, 4.69) is 48.2 Å². The highest BCUT2D eigenvalue weighted by molar-refractivity contribution is 5.83. The molecule has 0 N–H and O–H groups in total. The van der Waals surface area contributed by atoms with E-state index < -0.39 is 0 Å². The molecular formula is C21H22N2. The van der Waals surface area contributed by atoms with Crippen LogP contribution in [0.5, 0.6) is 0 Å². The second-order valence-electron chi connectivity index (χ2n) is 6.76. The molecule has 0 bridgehead atoms. The largest absolute Gasteiger partial charge is 0.370 e. The maximum Gasteiger partial charge on any atom is 0.102 e. The van der Waals surface area contributed by atoms with Gasteiger partial charge in [-0.25, -0.2) is 0 Å². The van der Waals surface area contributed by atoms with E-state index >= 15 is 0 Å². The van der Waals surface area contributed by atoms with Gasteiger partial charge in [0.1, 0.15) is 6.07 Å². The third-order valence-corrected chi connectivity index (χ3v) is 5.34. The molecule has 0 saturated carbocycles. The van der Waals surface area contributed by atoms with Gasteiger partial charge in [-0.3, -0.25) is 0 Å². The zero-order valence-corrected chi connectivity index (χ0v) is 13.7. The summed E-state index contributed by atoms with van der Waals surface area (Å²) in [6, 6.07) is 13.5. The number of fused-ring (bicyclic) bond motifs is 3. The fourth-order valence-corrected chi connectivity index (χ4v) is 4.20. The Morgan fingerprint density at radius 3 is 2.57 bits per heavy atom. The highest BCUT2D eigenvalue weighted by Crippen LogP contribution is 2.42. The summed E-state index contributed by atoms with van der Waals surface area (Å²) >= 11 is 0. The van der Waals surface area contributed by atoms with Crippen molar-refractivity contribution in [2.75, 3.05) is 18.0 Å². The molecule has 1 heterocycles. The first-order chi connectivity index (χ1) is 11.3. The smallest absolute Gasteiger partial charge is 0.102 e. The molecule has 4 rings (SSSR count). The van der Waals surface area contributed by atoms with Crippen LogP contribution in [-0.4, -0.2) is 13.1 Å². The molecule has 0 unspecified atom stereocenters. The fraction of sp³-hybridized carbons (Fsp3) is 0.381. The van der Waals surface area contributed by atoms with E-state index in [0.29, 0.717) is 0 Å². The number of anilines is 1. The van der Waals surface area contributed by atoms with Gasteiger partial charge in [0, 0.05) is 13.1 Å². The lowest BCUT2D eigenvalue weighted by Gasteiger charge is -2.34. The molecule has 0 amide bonds. The minimum Gasteiger partial charge on any atom is -0.370 e. The summed E-state index contributed by atoms with van der Waals surface area (Å²) < 4.78 is 0. The van der Waals surface area contributed by atoms with Crippen molar-refractivity contribution in [2.24, 2.45) is 0 Å². The Labute approximate surface area is 138 Å². The molecule has 1 saturated heterocycles. The first-order valence-electron chi connectivity index (χ1n) is 8.69. The van der Waals surface area contributed by atoms with Crippen LogP contribution >= 0.6 is 0 Å². The first kappa shape index (κ1) is 14.3. The Balaban J connectivity index is 1.95. The number of piperidine rings is 1. The second kappa shape index (κ2) is 5.74. The van der Waals surface area contributed by atoms with E-state index in [1.807, 2.05) is 0 Å². The summed E-state index contributed by atoms with van der Waals surface area (Å²) in [6.45, 7) is 4.27. The Kier molecular flexibility index (Phi) is 3.58. The monoisotopic (exact) mass is 302 g/mol. The standard InChI is InChI=1S/C21H22N2/c1-15-13-19-17-8-4-3-7-16(17)9-10-18(19)21(20(15)14-22)23-11-5-2-6-12-23/h3-4,7-8,13H,2,5-6,9-12H2,1H3. The van der Waals surface area contributed by atoms with Crippen molar-refractivity contribution in [3.63, 3.8) is 0 Å². The molecule has 1 aliphatic heterocycles. The summed E-state index contributed by atoms with van der Waals surface area (Å²) in [7, 11) is 0. The molecule has 116 valence electrons. The van der Waals surface area contributed by atoms with Crippen molar-refractivity contribution in [1.29, 1.82) is 5.26 Å². The quantitative estimate of drug-likeness (QED) is 0.768. The number of rotatable bonds is 1. The molecule has 0 atom stereocenters. The van der Waals surface area contributed by atoms with Crippen LogP contribution in [0.4, 0.5) is 5.69 Å². The molecule has 0 aromatic heterocycles. The van der Waals surface area contributed by atoms with Crippen molar-refractivity contribution >= 4 is 5.69 Å². The van der Waals surface area contributed by atoms with Gasteiger partial charge in [-0.1, -0.05) is 24.3 Å². The van der Waals surface area contributed by atoms with Gasteiger partial charge in [0.25, 0.3) is 0 Å². The summed E-state index contributed by atoms with van der Waals surface area (Å²) in [5, 5.41) is 9.75. The zero-order valence-electron chi connectivity index (χ0n) is 13.7. The third kappa shape index (κ3) is 2.32. The van der Waals surface area contributed by atoms with Crippen LogP contribution in [0.2, 0.25) is 0 Å². The van der Waals surface area contributed by atoms with Gasteiger partial charge in [0.05, 0.1) is 11.3 Å². The zero-order chi connectivity index (χ0) is 15.8. The topological polar surface area (TPSA) is 27.0 Å².